The van der Waals surface area contributed by atoms with Gasteiger partial charge < -0.3 is 5.11 Å². The molecule has 2 rings (SSSR count). The number of hydrogen-bond acceptors (Lipinski definition) is 2. The minimum atomic E-state index is -0.946. The zero-order chi connectivity index (χ0) is 15.8. The van der Waals surface area contributed by atoms with Crippen LogP contribution in [0.5, 0.6) is 0 Å². The maximum atomic E-state index is 10.8. The molecule has 1 fully saturated rings. The minimum Gasteiger partial charge on any atom is -0.477 e. The maximum Gasteiger partial charge on any atom is 0.354 e. The van der Waals surface area contributed by atoms with E-state index in [9.17, 15) is 4.79 Å². The maximum absolute atomic E-state index is 10.8. The molecule has 122 valence electrons. The van der Waals surface area contributed by atoms with Gasteiger partial charge in [-0.3, -0.25) is 0 Å². The summed E-state index contributed by atoms with van der Waals surface area (Å²) in [4.78, 5) is 14.9. The van der Waals surface area contributed by atoms with E-state index in [1.165, 1.54) is 69.8 Å². The summed E-state index contributed by atoms with van der Waals surface area (Å²) in [7, 11) is 0. The molecule has 1 aliphatic rings. The van der Waals surface area contributed by atoms with Crippen LogP contribution in [0.3, 0.4) is 0 Å². The molecule has 0 aliphatic heterocycles. The Morgan fingerprint density at radius 3 is 2.45 bits per heavy atom. The van der Waals surface area contributed by atoms with E-state index in [4.69, 9.17) is 5.11 Å². The first-order chi connectivity index (χ1) is 10.7. The molecule has 0 unspecified atom stereocenters. The lowest BCUT2D eigenvalue weighted by Gasteiger charge is -2.28. The molecule has 3 nitrogen and oxygen atoms in total. The van der Waals surface area contributed by atoms with Crippen molar-refractivity contribution < 1.29 is 9.90 Å². The summed E-state index contributed by atoms with van der Waals surface area (Å²) in [6, 6.07) is 3.59. The van der Waals surface area contributed by atoms with Crippen LogP contribution in [0.2, 0.25) is 0 Å². The van der Waals surface area contributed by atoms with Crippen molar-refractivity contribution in [2.75, 3.05) is 0 Å². The van der Waals surface area contributed by atoms with Gasteiger partial charge >= 0.3 is 5.97 Å². The van der Waals surface area contributed by atoms with Crippen molar-refractivity contribution in [3.8, 4) is 0 Å². The van der Waals surface area contributed by atoms with E-state index in [0.29, 0.717) is 5.92 Å². The van der Waals surface area contributed by atoms with Gasteiger partial charge in [0, 0.05) is 6.20 Å². The highest BCUT2D eigenvalue weighted by Crippen LogP contribution is 2.37. The second-order valence-electron chi connectivity index (χ2n) is 6.70. The molecule has 0 saturated heterocycles. The normalized spacial score (nSPS) is 21.7. The number of rotatable bonds is 8. The third-order valence-electron chi connectivity index (χ3n) is 5.04. The standard InChI is InChI=1S/C19H29NO2/c1-2-3-4-5-6-7-15-8-10-16(11-9-15)17-12-13-18(19(21)22)20-14-17/h12-16H,2-11H2,1H3,(H,21,22). The van der Waals surface area contributed by atoms with E-state index in [0.717, 1.165) is 5.92 Å². The smallest absolute Gasteiger partial charge is 0.354 e. The topological polar surface area (TPSA) is 50.2 Å². The predicted molar refractivity (Wildman–Crippen MR) is 89.3 cm³/mol. The number of carbonyl (C=O) groups is 1. The fourth-order valence-electron chi connectivity index (χ4n) is 3.59. The summed E-state index contributed by atoms with van der Waals surface area (Å²) in [5, 5.41) is 8.89. The summed E-state index contributed by atoms with van der Waals surface area (Å²) in [5.74, 6) is 0.536. The predicted octanol–water partition coefficient (Wildman–Crippen LogP) is 5.41. The monoisotopic (exact) mass is 303 g/mol. The van der Waals surface area contributed by atoms with Crippen molar-refractivity contribution in [3.05, 3.63) is 29.6 Å². The molecule has 0 atom stereocenters. The summed E-state index contributed by atoms with van der Waals surface area (Å²) in [5.41, 5.74) is 1.36. The second kappa shape index (κ2) is 8.92. The van der Waals surface area contributed by atoms with E-state index in [2.05, 4.69) is 11.9 Å². The molecule has 0 aromatic carbocycles. The zero-order valence-corrected chi connectivity index (χ0v) is 13.8. The Morgan fingerprint density at radius 1 is 1.14 bits per heavy atom. The Bertz CT molecular complexity index is 447. The van der Waals surface area contributed by atoms with Gasteiger partial charge in [0.25, 0.3) is 0 Å². The van der Waals surface area contributed by atoms with E-state index in [1.54, 1.807) is 12.3 Å². The number of unbranched alkanes of at least 4 members (excludes halogenated alkanes) is 4. The number of carboxylic acid groups (broad SMARTS) is 1. The fraction of sp³-hybridized carbons (Fsp3) is 0.684. The van der Waals surface area contributed by atoms with Crippen LogP contribution in [-0.4, -0.2) is 16.1 Å². The van der Waals surface area contributed by atoms with E-state index in [-0.39, 0.29) is 5.69 Å². The highest BCUT2D eigenvalue weighted by molar-refractivity contribution is 5.85. The number of hydrogen-bond donors (Lipinski definition) is 1. The fourth-order valence-corrected chi connectivity index (χ4v) is 3.59. The quantitative estimate of drug-likeness (QED) is 0.653. The Hall–Kier alpha value is -1.38. The number of aromatic nitrogens is 1. The lowest BCUT2D eigenvalue weighted by atomic mass is 9.77. The molecular formula is C19H29NO2. The van der Waals surface area contributed by atoms with Crippen molar-refractivity contribution in [1.29, 1.82) is 0 Å². The van der Waals surface area contributed by atoms with Gasteiger partial charge in [-0.05, 0) is 49.1 Å². The molecule has 1 heterocycles. The number of carboxylic acids is 1. The lowest BCUT2D eigenvalue weighted by molar-refractivity contribution is 0.0690. The van der Waals surface area contributed by atoms with Crippen LogP contribution >= 0.6 is 0 Å². The van der Waals surface area contributed by atoms with Gasteiger partial charge in [0.1, 0.15) is 5.69 Å². The molecule has 0 bridgehead atoms. The third kappa shape index (κ3) is 5.11. The number of pyridine rings is 1. The average Bonchev–Trinajstić information content (AvgIpc) is 2.55. The first-order valence-corrected chi connectivity index (χ1v) is 8.90. The molecule has 1 N–H and O–H groups in total. The van der Waals surface area contributed by atoms with Crippen LogP contribution in [0.25, 0.3) is 0 Å². The van der Waals surface area contributed by atoms with Crippen molar-refractivity contribution in [2.24, 2.45) is 5.92 Å². The highest BCUT2D eigenvalue weighted by Gasteiger charge is 2.22. The first kappa shape index (κ1) is 17.0. The molecule has 0 amide bonds. The molecule has 1 saturated carbocycles. The number of nitrogens with zero attached hydrogens (tertiary/aromatic N) is 1. The molecule has 0 radical (unpaired) electrons. The van der Waals surface area contributed by atoms with Gasteiger partial charge in [-0.2, -0.15) is 0 Å². The van der Waals surface area contributed by atoms with Gasteiger partial charge in [0.2, 0.25) is 0 Å². The summed E-state index contributed by atoms with van der Waals surface area (Å²) >= 11 is 0. The molecule has 1 aromatic rings. The molecule has 22 heavy (non-hydrogen) atoms. The van der Waals surface area contributed by atoms with E-state index < -0.39 is 5.97 Å². The van der Waals surface area contributed by atoms with Gasteiger partial charge in [0.15, 0.2) is 0 Å². The highest BCUT2D eigenvalue weighted by atomic mass is 16.4. The Labute approximate surface area is 134 Å². The largest absolute Gasteiger partial charge is 0.477 e. The summed E-state index contributed by atoms with van der Waals surface area (Å²) < 4.78 is 0. The van der Waals surface area contributed by atoms with Crippen LogP contribution in [0, 0.1) is 5.92 Å². The Balaban J connectivity index is 1.71. The molecular weight excluding hydrogens is 274 g/mol. The lowest BCUT2D eigenvalue weighted by Crippen LogP contribution is -2.14. The second-order valence-corrected chi connectivity index (χ2v) is 6.70. The van der Waals surface area contributed by atoms with Crippen LogP contribution in [-0.2, 0) is 0 Å². The summed E-state index contributed by atoms with van der Waals surface area (Å²) in [6.45, 7) is 2.26. The van der Waals surface area contributed by atoms with Gasteiger partial charge in [-0.25, -0.2) is 9.78 Å². The average molecular weight is 303 g/mol. The van der Waals surface area contributed by atoms with Crippen molar-refractivity contribution in [1.82, 2.24) is 4.98 Å². The van der Waals surface area contributed by atoms with Gasteiger partial charge in [-0.15, -0.1) is 0 Å². The van der Waals surface area contributed by atoms with Crippen molar-refractivity contribution in [3.63, 3.8) is 0 Å². The minimum absolute atomic E-state index is 0.143. The first-order valence-electron chi connectivity index (χ1n) is 8.90. The van der Waals surface area contributed by atoms with Crippen molar-refractivity contribution >= 4 is 5.97 Å². The molecule has 1 aliphatic carbocycles. The zero-order valence-electron chi connectivity index (χ0n) is 13.8. The van der Waals surface area contributed by atoms with Crippen LogP contribution in [0.1, 0.15) is 93.1 Å². The molecule has 0 spiro atoms. The van der Waals surface area contributed by atoms with E-state index in [1.807, 2.05) is 6.07 Å². The summed E-state index contributed by atoms with van der Waals surface area (Å²) in [6.07, 6.45) is 15.1. The molecule has 1 aromatic heterocycles. The van der Waals surface area contributed by atoms with Gasteiger partial charge in [-0.1, -0.05) is 51.5 Å². The molecule has 3 heteroatoms. The van der Waals surface area contributed by atoms with Crippen LogP contribution in [0.4, 0.5) is 0 Å². The Kier molecular flexibility index (Phi) is 6.88. The van der Waals surface area contributed by atoms with Gasteiger partial charge in [0.05, 0.1) is 0 Å². The van der Waals surface area contributed by atoms with Crippen LogP contribution in [0.15, 0.2) is 18.3 Å². The van der Waals surface area contributed by atoms with Crippen LogP contribution < -0.4 is 0 Å². The number of aromatic carboxylic acids is 1. The van der Waals surface area contributed by atoms with E-state index >= 15 is 0 Å². The SMILES string of the molecule is CCCCCCCC1CCC(c2ccc(C(=O)O)nc2)CC1. The third-order valence-corrected chi connectivity index (χ3v) is 5.04. The Morgan fingerprint density at radius 2 is 1.86 bits per heavy atom. The van der Waals surface area contributed by atoms with Crippen molar-refractivity contribution in [2.45, 2.75) is 77.0 Å².